The minimum Gasteiger partial charge on any atom is -0.358 e. The van der Waals surface area contributed by atoms with E-state index in [-0.39, 0.29) is 5.82 Å². The normalized spacial score (nSPS) is 19.1. The second kappa shape index (κ2) is 4.73. The molecule has 0 saturated heterocycles. The molecular formula is C15H19FN2. The molecule has 0 bridgehead atoms. The van der Waals surface area contributed by atoms with E-state index in [9.17, 15) is 4.39 Å². The monoisotopic (exact) mass is 246 g/mol. The fourth-order valence-corrected chi connectivity index (χ4v) is 3.06. The van der Waals surface area contributed by atoms with Crippen LogP contribution in [0.1, 0.15) is 24.1 Å². The van der Waals surface area contributed by atoms with Crippen molar-refractivity contribution in [1.82, 2.24) is 10.3 Å². The highest BCUT2D eigenvalue weighted by molar-refractivity contribution is 5.85. The lowest BCUT2D eigenvalue weighted by Gasteiger charge is -2.22. The zero-order chi connectivity index (χ0) is 12.5. The molecule has 0 fully saturated rings. The first-order valence-electron chi connectivity index (χ1n) is 6.71. The molecule has 96 valence electrons. The van der Waals surface area contributed by atoms with Crippen molar-refractivity contribution in [3.8, 4) is 0 Å². The molecule has 0 radical (unpaired) electrons. The van der Waals surface area contributed by atoms with Crippen LogP contribution in [0.4, 0.5) is 4.39 Å². The van der Waals surface area contributed by atoms with Gasteiger partial charge in [-0.3, -0.25) is 0 Å². The van der Waals surface area contributed by atoms with Gasteiger partial charge in [0, 0.05) is 16.6 Å². The minimum atomic E-state index is -0.137. The lowest BCUT2D eigenvalue weighted by molar-refractivity contribution is 0.420. The van der Waals surface area contributed by atoms with Crippen LogP contribution < -0.4 is 5.32 Å². The molecule has 2 nitrogen and oxygen atoms in total. The van der Waals surface area contributed by atoms with E-state index >= 15 is 0 Å². The molecule has 1 unspecified atom stereocenters. The maximum absolute atomic E-state index is 13.4. The molecule has 1 aliphatic carbocycles. The SMILES string of the molecule is CNCCC1CCc2[nH]c3ccc(F)cc3c2C1. The molecule has 3 rings (SSSR count). The molecule has 1 heterocycles. The van der Waals surface area contributed by atoms with Crippen LogP contribution in [0.2, 0.25) is 0 Å². The number of hydrogen-bond acceptors (Lipinski definition) is 1. The summed E-state index contributed by atoms with van der Waals surface area (Å²) in [5.41, 5.74) is 3.74. The Bertz CT molecular complexity index is 559. The highest BCUT2D eigenvalue weighted by atomic mass is 19.1. The van der Waals surface area contributed by atoms with Crippen LogP contribution in [0.3, 0.4) is 0 Å². The Morgan fingerprint density at radius 3 is 3.17 bits per heavy atom. The fourth-order valence-electron chi connectivity index (χ4n) is 3.06. The van der Waals surface area contributed by atoms with Crippen LogP contribution >= 0.6 is 0 Å². The van der Waals surface area contributed by atoms with E-state index in [0.29, 0.717) is 0 Å². The van der Waals surface area contributed by atoms with Gasteiger partial charge in [-0.25, -0.2) is 4.39 Å². The molecule has 1 aromatic carbocycles. The lowest BCUT2D eigenvalue weighted by atomic mass is 9.84. The molecule has 0 saturated carbocycles. The molecule has 0 amide bonds. The summed E-state index contributed by atoms with van der Waals surface area (Å²) in [5.74, 6) is 0.592. The van der Waals surface area contributed by atoms with Crippen molar-refractivity contribution in [1.29, 1.82) is 0 Å². The molecule has 18 heavy (non-hydrogen) atoms. The Hall–Kier alpha value is -1.35. The third kappa shape index (κ3) is 2.03. The van der Waals surface area contributed by atoms with E-state index in [4.69, 9.17) is 0 Å². The number of halogens is 1. The first-order chi connectivity index (χ1) is 8.78. The molecule has 2 N–H and O–H groups in total. The Balaban J connectivity index is 1.93. The number of aromatic nitrogens is 1. The van der Waals surface area contributed by atoms with Gasteiger partial charge >= 0.3 is 0 Å². The van der Waals surface area contributed by atoms with E-state index in [1.165, 1.54) is 30.2 Å². The second-order valence-corrected chi connectivity index (χ2v) is 5.27. The van der Waals surface area contributed by atoms with Crippen molar-refractivity contribution in [2.45, 2.75) is 25.7 Å². The number of hydrogen-bond donors (Lipinski definition) is 2. The van der Waals surface area contributed by atoms with Crippen LogP contribution in [0, 0.1) is 11.7 Å². The number of rotatable bonds is 3. The van der Waals surface area contributed by atoms with Crippen molar-refractivity contribution < 1.29 is 4.39 Å². The summed E-state index contributed by atoms with van der Waals surface area (Å²) < 4.78 is 13.4. The smallest absolute Gasteiger partial charge is 0.123 e. The van der Waals surface area contributed by atoms with Gasteiger partial charge in [0.05, 0.1) is 0 Å². The summed E-state index contributed by atoms with van der Waals surface area (Å²) in [5, 5.41) is 4.29. The molecule has 0 spiro atoms. The second-order valence-electron chi connectivity index (χ2n) is 5.27. The predicted molar refractivity (Wildman–Crippen MR) is 72.3 cm³/mol. The summed E-state index contributed by atoms with van der Waals surface area (Å²) in [6, 6.07) is 5.06. The zero-order valence-corrected chi connectivity index (χ0v) is 10.7. The largest absolute Gasteiger partial charge is 0.358 e. The van der Waals surface area contributed by atoms with Gasteiger partial charge in [0.1, 0.15) is 5.82 Å². The zero-order valence-electron chi connectivity index (χ0n) is 10.7. The molecular weight excluding hydrogens is 227 g/mol. The summed E-state index contributed by atoms with van der Waals surface area (Å²) >= 11 is 0. The standard InChI is InChI=1S/C15H19FN2/c1-17-7-6-10-2-4-14-12(8-10)13-9-11(16)3-5-15(13)18-14/h3,5,9-10,17-18H,2,4,6-8H2,1H3. The number of fused-ring (bicyclic) bond motifs is 3. The third-order valence-electron chi connectivity index (χ3n) is 4.05. The Labute approximate surface area is 107 Å². The number of H-pyrrole nitrogens is 1. The van der Waals surface area contributed by atoms with Gasteiger partial charge in [-0.15, -0.1) is 0 Å². The average Bonchev–Trinajstić information content (AvgIpc) is 2.74. The molecule has 2 aromatic rings. The van der Waals surface area contributed by atoms with Crippen molar-refractivity contribution >= 4 is 10.9 Å². The number of aromatic amines is 1. The van der Waals surface area contributed by atoms with Gasteiger partial charge in [0.15, 0.2) is 0 Å². The van der Waals surface area contributed by atoms with Crippen molar-refractivity contribution in [2.24, 2.45) is 5.92 Å². The summed E-state index contributed by atoms with van der Waals surface area (Å²) in [7, 11) is 2.00. The van der Waals surface area contributed by atoms with E-state index in [2.05, 4.69) is 10.3 Å². The lowest BCUT2D eigenvalue weighted by Crippen LogP contribution is -2.19. The highest BCUT2D eigenvalue weighted by Crippen LogP contribution is 2.33. The molecule has 3 heteroatoms. The van der Waals surface area contributed by atoms with Crippen molar-refractivity contribution in [2.75, 3.05) is 13.6 Å². The van der Waals surface area contributed by atoms with Gasteiger partial charge in [0.25, 0.3) is 0 Å². The fraction of sp³-hybridized carbons (Fsp3) is 0.467. The quantitative estimate of drug-likeness (QED) is 0.856. The maximum atomic E-state index is 13.4. The molecule has 1 aromatic heterocycles. The van der Waals surface area contributed by atoms with Crippen LogP contribution in [0.15, 0.2) is 18.2 Å². The van der Waals surface area contributed by atoms with Crippen molar-refractivity contribution in [3.05, 3.63) is 35.3 Å². The van der Waals surface area contributed by atoms with E-state index < -0.39 is 0 Å². The highest BCUT2D eigenvalue weighted by Gasteiger charge is 2.22. The van der Waals surface area contributed by atoms with Gasteiger partial charge in [-0.1, -0.05) is 0 Å². The number of aryl methyl sites for hydroxylation is 1. The summed E-state index contributed by atoms with van der Waals surface area (Å²) in [6.07, 6.45) is 4.63. The van der Waals surface area contributed by atoms with Crippen LogP contribution in [-0.2, 0) is 12.8 Å². The molecule has 0 aliphatic heterocycles. The predicted octanol–water partition coefficient (Wildman–Crippen LogP) is 3.02. The summed E-state index contributed by atoms with van der Waals surface area (Å²) in [4.78, 5) is 3.44. The van der Waals surface area contributed by atoms with Crippen LogP contribution in [-0.4, -0.2) is 18.6 Å². The van der Waals surface area contributed by atoms with Crippen molar-refractivity contribution in [3.63, 3.8) is 0 Å². The Morgan fingerprint density at radius 1 is 1.44 bits per heavy atom. The van der Waals surface area contributed by atoms with Gasteiger partial charge in [0.2, 0.25) is 0 Å². The summed E-state index contributed by atoms with van der Waals surface area (Å²) in [6.45, 7) is 1.07. The third-order valence-corrected chi connectivity index (χ3v) is 4.05. The van der Waals surface area contributed by atoms with Gasteiger partial charge in [-0.2, -0.15) is 0 Å². The Morgan fingerprint density at radius 2 is 2.33 bits per heavy atom. The number of nitrogens with one attached hydrogen (secondary N) is 2. The van der Waals surface area contributed by atoms with Crippen LogP contribution in [0.25, 0.3) is 10.9 Å². The molecule has 1 aliphatic rings. The number of benzene rings is 1. The van der Waals surface area contributed by atoms with E-state index in [1.807, 2.05) is 13.1 Å². The first-order valence-corrected chi connectivity index (χ1v) is 6.71. The Kier molecular flexibility index (Phi) is 3.08. The van der Waals surface area contributed by atoms with Gasteiger partial charge < -0.3 is 10.3 Å². The van der Waals surface area contributed by atoms with E-state index in [0.717, 1.165) is 36.2 Å². The maximum Gasteiger partial charge on any atom is 0.123 e. The van der Waals surface area contributed by atoms with Crippen LogP contribution in [0.5, 0.6) is 0 Å². The van der Waals surface area contributed by atoms with E-state index in [1.54, 1.807) is 6.07 Å². The molecule has 1 atom stereocenters. The first kappa shape index (κ1) is 11.7. The average molecular weight is 246 g/mol. The minimum absolute atomic E-state index is 0.137. The topological polar surface area (TPSA) is 27.8 Å². The van der Waals surface area contributed by atoms with Gasteiger partial charge in [-0.05, 0) is 69.0 Å².